The van der Waals surface area contributed by atoms with Gasteiger partial charge in [0.25, 0.3) is 5.91 Å². The third kappa shape index (κ3) is 5.03. The highest BCUT2D eigenvalue weighted by atomic mass is 32.1. The third-order valence-corrected chi connectivity index (χ3v) is 5.87. The van der Waals surface area contributed by atoms with E-state index in [1.165, 1.54) is 11.3 Å². The molecule has 0 aliphatic rings. The Labute approximate surface area is 185 Å². The van der Waals surface area contributed by atoms with Gasteiger partial charge in [-0.3, -0.25) is 9.69 Å². The number of hydrogen-bond donors (Lipinski definition) is 0. The fraction of sp³-hybridized carbons (Fsp3) is 0.200. The van der Waals surface area contributed by atoms with E-state index in [2.05, 4.69) is 0 Å². The van der Waals surface area contributed by atoms with Crippen LogP contribution in [0.15, 0.2) is 72.8 Å². The van der Waals surface area contributed by atoms with Crippen LogP contribution in [-0.4, -0.2) is 24.1 Å². The second kappa shape index (κ2) is 9.62. The number of anilines is 1. The summed E-state index contributed by atoms with van der Waals surface area (Å²) < 4.78 is 12.3. The van der Waals surface area contributed by atoms with Gasteiger partial charge in [-0.2, -0.15) is 0 Å². The summed E-state index contributed by atoms with van der Waals surface area (Å²) in [4.78, 5) is 19.7. The van der Waals surface area contributed by atoms with Crippen molar-refractivity contribution < 1.29 is 14.3 Å². The van der Waals surface area contributed by atoms with Gasteiger partial charge in [0, 0.05) is 0 Å². The summed E-state index contributed by atoms with van der Waals surface area (Å²) in [5.41, 5.74) is 3.06. The van der Waals surface area contributed by atoms with Gasteiger partial charge >= 0.3 is 0 Å². The molecule has 1 amide bonds. The van der Waals surface area contributed by atoms with Gasteiger partial charge in [-0.05, 0) is 55.3 Å². The van der Waals surface area contributed by atoms with E-state index in [0.29, 0.717) is 24.0 Å². The molecule has 4 rings (SSSR count). The number of fused-ring (bicyclic) bond motifs is 1. The van der Waals surface area contributed by atoms with Crippen molar-refractivity contribution in [1.29, 1.82) is 0 Å². The minimum absolute atomic E-state index is 0.0737. The first kappa shape index (κ1) is 20.9. The van der Waals surface area contributed by atoms with Crippen LogP contribution in [0.25, 0.3) is 10.2 Å². The number of benzene rings is 3. The van der Waals surface area contributed by atoms with Crippen LogP contribution < -0.4 is 14.4 Å². The Hall–Kier alpha value is -3.38. The number of para-hydroxylation sites is 1. The van der Waals surface area contributed by atoms with E-state index in [9.17, 15) is 4.79 Å². The lowest BCUT2D eigenvalue weighted by Gasteiger charge is -2.20. The zero-order chi connectivity index (χ0) is 21.6. The van der Waals surface area contributed by atoms with Crippen LogP contribution >= 0.6 is 11.3 Å². The number of carbonyl (C=O) groups excluding carboxylic acids is 1. The minimum atomic E-state index is -0.144. The molecule has 0 fully saturated rings. The monoisotopic (exact) mass is 432 g/mol. The molecule has 5 nitrogen and oxygen atoms in total. The molecule has 0 radical (unpaired) electrons. The maximum Gasteiger partial charge on any atom is 0.267 e. The van der Waals surface area contributed by atoms with Gasteiger partial charge in [0.15, 0.2) is 11.7 Å². The average molecular weight is 433 g/mol. The third-order valence-electron chi connectivity index (χ3n) is 4.82. The lowest BCUT2D eigenvalue weighted by Crippen LogP contribution is -2.34. The molecule has 0 atom stereocenters. The smallest absolute Gasteiger partial charge is 0.267 e. The number of hydrogen-bond acceptors (Lipinski definition) is 5. The molecule has 158 valence electrons. The molecule has 1 heterocycles. The predicted octanol–water partition coefficient (Wildman–Crippen LogP) is 5.62. The first-order chi connectivity index (χ1) is 15.1. The molecule has 0 saturated carbocycles. The van der Waals surface area contributed by atoms with Crippen LogP contribution in [0.2, 0.25) is 0 Å². The quantitative estimate of drug-likeness (QED) is 0.363. The van der Waals surface area contributed by atoms with Gasteiger partial charge in [-0.25, -0.2) is 4.98 Å². The summed E-state index contributed by atoms with van der Waals surface area (Å²) in [6.45, 7) is 4.94. The van der Waals surface area contributed by atoms with E-state index in [-0.39, 0.29) is 12.5 Å². The summed E-state index contributed by atoms with van der Waals surface area (Å²) in [5, 5.41) is 0.674. The van der Waals surface area contributed by atoms with E-state index in [4.69, 9.17) is 14.5 Å². The second-order valence-corrected chi connectivity index (χ2v) is 8.09. The van der Waals surface area contributed by atoms with Crippen LogP contribution in [0.5, 0.6) is 11.5 Å². The zero-order valence-corrected chi connectivity index (χ0v) is 18.4. The number of carbonyl (C=O) groups is 1. The summed E-state index contributed by atoms with van der Waals surface area (Å²) in [7, 11) is 0. The first-order valence-corrected chi connectivity index (χ1v) is 11.0. The van der Waals surface area contributed by atoms with Gasteiger partial charge in [0.05, 0.1) is 23.4 Å². The van der Waals surface area contributed by atoms with Crippen molar-refractivity contribution >= 4 is 32.6 Å². The van der Waals surface area contributed by atoms with Crippen LogP contribution in [0, 0.1) is 6.92 Å². The van der Waals surface area contributed by atoms with Crippen molar-refractivity contribution in [2.75, 3.05) is 18.1 Å². The van der Waals surface area contributed by atoms with Crippen LogP contribution in [0.1, 0.15) is 18.1 Å². The van der Waals surface area contributed by atoms with Crippen LogP contribution in [0.3, 0.4) is 0 Å². The molecule has 0 spiro atoms. The van der Waals surface area contributed by atoms with Gasteiger partial charge in [0.2, 0.25) is 0 Å². The van der Waals surface area contributed by atoms with Crippen molar-refractivity contribution in [3.63, 3.8) is 0 Å². The predicted molar refractivity (Wildman–Crippen MR) is 125 cm³/mol. The van der Waals surface area contributed by atoms with E-state index in [1.54, 1.807) is 17.0 Å². The molecule has 4 aromatic rings. The molecular formula is C25H24N2O3S. The van der Waals surface area contributed by atoms with Crippen molar-refractivity contribution in [3.8, 4) is 11.5 Å². The summed E-state index contributed by atoms with van der Waals surface area (Å²) in [5.74, 6) is 1.25. The lowest BCUT2D eigenvalue weighted by molar-refractivity contribution is -0.120. The minimum Gasteiger partial charge on any atom is -0.494 e. The normalized spacial score (nSPS) is 10.8. The van der Waals surface area contributed by atoms with E-state index in [1.807, 2.05) is 74.5 Å². The lowest BCUT2D eigenvalue weighted by atomic mass is 10.2. The number of nitrogens with zero attached hydrogens (tertiary/aromatic N) is 2. The Kier molecular flexibility index (Phi) is 6.48. The topological polar surface area (TPSA) is 51.7 Å². The number of rotatable bonds is 8. The molecular weight excluding hydrogens is 408 g/mol. The Morgan fingerprint density at radius 3 is 2.32 bits per heavy atom. The summed E-state index contributed by atoms with van der Waals surface area (Å²) >= 11 is 1.52. The fourth-order valence-corrected chi connectivity index (χ4v) is 4.30. The molecule has 0 aliphatic heterocycles. The zero-order valence-electron chi connectivity index (χ0n) is 17.6. The van der Waals surface area contributed by atoms with Crippen molar-refractivity contribution in [2.45, 2.75) is 20.4 Å². The molecule has 0 aliphatic carbocycles. The van der Waals surface area contributed by atoms with Crippen LogP contribution in [0.4, 0.5) is 5.13 Å². The molecule has 0 bridgehead atoms. The Morgan fingerprint density at radius 2 is 1.65 bits per heavy atom. The molecule has 31 heavy (non-hydrogen) atoms. The van der Waals surface area contributed by atoms with Gasteiger partial charge in [0.1, 0.15) is 11.5 Å². The van der Waals surface area contributed by atoms with Crippen molar-refractivity contribution in [1.82, 2.24) is 4.98 Å². The number of thiazole rings is 1. The van der Waals surface area contributed by atoms with E-state index >= 15 is 0 Å². The largest absolute Gasteiger partial charge is 0.494 e. The Balaban J connectivity index is 1.55. The highest BCUT2D eigenvalue weighted by Crippen LogP contribution is 2.31. The first-order valence-electron chi connectivity index (χ1n) is 10.2. The standard InChI is InChI=1S/C25H24N2O3S/c1-3-29-20-12-14-21(15-13-20)30-17-23(28)27(16-19-9-5-4-6-10-19)25-26-24-18(2)8-7-11-22(24)31-25/h4-15H,3,16-17H2,1-2H3. The van der Waals surface area contributed by atoms with Crippen LogP contribution in [-0.2, 0) is 11.3 Å². The maximum absolute atomic E-state index is 13.2. The SMILES string of the molecule is CCOc1ccc(OCC(=O)N(Cc2ccccc2)c2nc3c(C)cccc3s2)cc1. The van der Waals surface area contributed by atoms with Gasteiger partial charge < -0.3 is 9.47 Å². The fourth-order valence-electron chi connectivity index (χ4n) is 3.24. The Morgan fingerprint density at radius 1 is 0.935 bits per heavy atom. The highest BCUT2D eigenvalue weighted by molar-refractivity contribution is 7.22. The molecule has 3 aromatic carbocycles. The number of aryl methyl sites for hydroxylation is 1. The number of ether oxygens (including phenoxy) is 2. The molecule has 6 heteroatoms. The number of amides is 1. The van der Waals surface area contributed by atoms with Gasteiger partial charge in [-0.1, -0.05) is 53.8 Å². The van der Waals surface area contributed by atoms with E-state index in [0.717, 1.165) is 27.1 Å². The molecule has 0 unspecified atom stereocenters. The number of aromatic nitrogens is 1. The highest BCUT2D eigenvalue weighted by Gasteiger charge is 2.21. The van der Waals surface area contributed by atoms with Crippen molar-refractivity contribution in [3.05, 3.63) is 83.9 Å². The van der Waals surface area contributed by atoms with Gasteiger partial charge in [-0.15, -0.1) is 0 Å². The molecule has 0 N–H and O–H groups in total. The summed E-state index contributed by atoms with van der Waals surface area (Å²) in [6, 6.07) is 23.3. The average Bonchev–Trinajstić information content (AvgIpc) is 3.23. The van der Waals surface area contributed by atoms with Crippen molar-refractivity contribution in [2.24, 2.45) is 0 Å². The van der Waals surface area contributed by atoms with E-state index < -0.39 is 0 Å². The second-order valence-electron chi connectivity index (χ2n) is 7.08. The maximum atomic E-state index is 13.2. The molecule has 0 saturated heterocycles. The summed E-state index contributed by atoms with van der Waals surface area (Å²) in [6.07, 6.45) is 0. The Bertz CT molecular complexity index is 1160. The molecule has 1 aromatic heterocycles.